The summed E-state index contributed by atoms with van der Waals surface area (Å²) < 4.78 is 81.1. The maximum atomic E-state index is 13.3. The van der Waals surface area contributed by atoms with Crippen molar-refractivity contribution in [3.63, 3.8) is 0 Å². The van der Waals surface area contributed by atoms with Gasteiger partial charge in [-0.3, -0.25) is 0 Å². The summed E-state index contributed by atoms with van der Waals surface area (Å²) in [5.74, 6) is 0.525. The molecule has 0 radical (unpaired) electrons. The molecule has 1 saturated heterocycles. The first kappa shape index (κ1) is 18.7. The molecule has 3 aromatic rings. The second-order valence-electron chi connectivity index (χ2n) is 6.45. The summed E-state index contributed by atoms with van der Waals surface area (Å²) in [6, 6.07) is 0.893. The van der Waals surface area contributed by atoms with Crippen LogP contribution >= 0.6 is 0 Å². The smallest absolute Gasteiger partial charge is 0.338 e. The van der Waals surface area contributed by atoms with Crippen LogP contribution in [0.25, 0.3) is 16.6 Å². The van der Waals surface area contributed by atoms with E-state index >= 15 is 0 Å². The molecule has 0 atom stereocenters. The number of fused-ring (bicyclic) bond motifs is 3. The molecule has 1 aliphatic heterocycles. The lowest BCUT2D eigenvalue weighted by atomic mass is 10.0. The van der Waals surface area contributed by atoms with Crippen molar-refractivity contribution in [3.8, 4) is 0 Å². The van der Waals surface area contributed by atoms with Gasteiger partial charge in [0.1, 0.15) is 5.82 Å². The van der Waals surface area contributed by atoms with Crippen molar-refractivity contribution in [1.82, 2.24) is 24.9 Å². The molecule has 0 bridgehead atoms. The number of nitrogens with zero attached hydrogens (tertiary/aromatic N) is 5. The minimum Gasteiger partial charge on any atom is -0.338 e. The van der Waals surface area contributed by atoms with Gasteiger partial charge in [-0.05, 0) is 19.1 Å². The van der Waals surface area contributed by atoms with Crippen molar-refractivity contribution in [2.45, 2.75) is 19.3 Å². The highest BCUT2D eigenvalue weighted by atomic mass is 19.4. The summed E-state index contributed by atoms with van der Waals surface area (Å²) in [6.45, 7) is 3.87. The van der Waals surface area contributed by atoms with E-state index in [0.29, 0.717) is 38.3 Å². The Balaban J connectivity index is 2.06. The molecule has 1 N–H and O–H groups in total. The third-order valence-corrected chi connectivity index (χ3v) is 4.51. The van der Waals surface area contributed by atoms with Crippen LogP contribution < -0.4 is 10.2 Å². The zero-order valence-corrected chi connectivity index (χ0v) is 14.5. The summed E-state index contributed by atoms with van der Waals surface area (Å²) >= 11 is 0. The monoisotopic (exact) mass is 404 g/mol. The maximum absolute atomic E-state index is 13.3. The number of rotatable bonds is 1. The average molecular weight is 404 g/mol. The highest BCUT2D eigenvalue weighted by molar-refractivity contribution is 5.93. The summed E-state index contributed by atoms with van der Waals surface area (Å²) in [7, 11) is 0. The molecule has 12 heteroatoms. The number of piperazine rings is 1. The fraction of sp³-hybridized carbons (Fsp3) is 0.438. The minimum absolute atomic E-state index is 0.0373. The van der Waals surface area contributed by atoms with Crippen LogP contribution in [-0.4, -0.2) is 45.8 Å². The molecule has 0 amide bonds. The van der Waals surface area contributed by atoms with E-state index in [9.17, 15) is 26.3 Å². The molecule has 4 rings (SSSR count). The van der Waals surface area contributed by atoms with Crippen LogP contribution in [0.15, 0.2) is 12.1 Å². The van der Waals surface area contributed by atoms with Crippen LogP contribution in [0.3, 0.4) is 0 Å². The quantitative estimate of drug-likeness (QED) is 0.632. The zero-order valence-electron chi connectivity index (χ0n) is 14.5. The predicted molar refractivity (Wildman–Crippen MR) is 88.1 cm³/mol. The molecule has 0 spiro atoms. The van der Waals surface area contributed by atoms with Crippen LogP contribution in [0.2, 0.25) is 0 Å². The van der Waals surface area contributed by atoms with Gasteiger partial charge >= 0.3 is 12.4 Å². The Hall–Kier alpha value is -2.63. The topological polar surface area (TPSA) is 58.4 Å². The molecule has 150 valence electrons. The number of nitrogens with one attached hydrogen (secondary N) is 1. The molecule has 1 fully saturated rings. The Kier molecular flexibility index (Phi) is 4.14. The Bertz CT molecular complexity index is 1050. The second-order valence-corrected chi connectivity index (χ2v) is 6.45. The van der Waals surface area contributed by atoms with Gasteiger partial charge in [0, 0.05) is 31.6 Å². The van der Waals surface area contributed by atoms with E-state index in [1.54, 1.807) is 6.92 Å². The standard InChI is InChI=1S/C16H14F6N6/c1-8-24-13-9-6-10(15(17,18)19)11(16(20,21)22)7-12(9)25-14(28(13)26-8)27-4-2-23-3-5-27/h6-7,23H,2-5H2,1H3. The van der Waals surface area contributed by atoms with Gasteiger partial charge in [-0.15, -0.1) is 5.10 Å². The van der Waals surface area contributed by atoms with Gasteiger partial charge in [0.2, 0.25) is 5.95 Å². The molecule has 1 aromatic carbocycles. The van der Waals surface area contributed by atoms with E-state index < -0.39 is 23.5 Å². The molecule has 0 aliphatic carbocycles. The van der Waals surface area contributed by atoms with Crippen molar-refractivity contribution in [1.29, 1.82) is 0 Å². The number of halogens is 6. The molecule has 6 nitrogen and oxygen atoms in total. The van der Waals surface area contributed by atoms with Crippen LogP contribution in [-0.2, 0) is 12.4 Å². The SMILES string of the molecule is Cc1nc2c3cc(C(F)(F)F)c(C(F)(F)F)cc3nc(N3CCNCC3)n2n1. The van der Waals surface area contributed by atoms with E-state index in [1.807, 2.05) is 4.90 Å². The van der Waals surface area contributed by atoms with E-state index in [4.69, 9.17) is 0 Å². The largest absolute Gasteiger partial charge is 0.417 e. The fourth-order valence-corrected chi connectivity index (χ4v) is 3.28. The number of anilines is 1. The second kappa shape index (κ2) is 6.19. The predicted octanol–water partition coefficient (Wildman–Crippen LogP) is 3.03. The molecule has 0 unspecified atom stereocenters. The minimum atomic E-state index is -5.18. The number of aryl methyl sites for hydroxylation is 1. The average Bonchev–Trinajstić information content (AvgIpc) is 3.00. The molecule has 3 heterocycles. The zero-order chi connectivity index (χ0) is 20.3. The van der Waals surface area contributed by atoms with Gasteiger partial charge < -0.3 is 10.2 Å². The number of alkyl halides is 6. The first-order valence-corrected chi connectivity index (χ1v) is 8.37. The van der Waals surface area contributed by atoms with Crippen molar-refractivity contribution in [2.75, 3.05) is 31.1 Å². The van der Waals surface area contributed by atoms with Crippen LogP contribution in [0.1, 0.15) is 17.0 Å². The molecule has 2 aromatic heterocycles. The van der Waals surface area contributed by atoms with E-state index in [-0.39, 0.29) is 28.3 Å². The Morgan fingerprint density at radius 1 is 0.929 bits per heavy atom. The van der Waals surface area contributed by atoms with Crippen molar-refractivity contribution >= 4 is 22.5 Å². The highest BCUT2D eigenvalue weighted by Crippen LogP contribution is 2.42. The third kappa shape index (κ3) is 3.11. The molecule has 28 heavy (non-hydrogen) atoms. The lowest BCUT2D eigenvalue weighted by Gasteiger charge is -2.28. The van der Waals surface area contributed by atoms with Gasteiger partial charge in [-0.1, -0.05) is 0 Å². The summed E-state index contributed by atoms with van der Waals surface area (Å²) in [4.78, 5) is 10.2. The lowest BCUT2D eigenvalue weighted by molar-refractivity contribution is -0.161. The number of hydrogen-bond donors (Lipinski definition) is 1. The van der Waals surface area contributed by atoms with Gasteiger partial charge in [0.15, 0.2) is 5.65 Å². The van der Waals surface area contributed by atoms with Crippen molar-refractivity contribution in [3.05, 3.63) is 29.1 Å². The van der Waals surface area contributed by atoms with Gasteiger partial charge in [0.25, 0.3) is 0 Å². The Morgan fingerprint density at radius 2 is 1.54 bits per heavy atom. The highest BCUT2D eigenvalue weighted by Gasteiger charge is 2.43. The van der Waals surface area contributed by atoms with Gasteiger partial charge in [0.05, 0.1) is 16.6 Å². The first-order chi connectivity index (χ1) is 13.1. The lowest BCUT2D eigenvalue weighted by Crippen LogP contribution is -2.44. The van der Waals surface area contributed by atoms with Crippen molar-refractivity contribution in [2.24, 2.45) is 0 Å². The van der Waals surface area contributed by atoms with Crippen LogP contribution in [0.4, 0.5) is 32.3 Å². The molecule has 0 saturated carbocycles. The van der Waals surface area contributed by atoms with E-state index in [2.05, 4.69) is 20.4 Å². The normalized spacial score (nSPS) is 16.3. The molecule has 1 aliphatic rings. The molecular formula is C16H14F6N6. The van der Waals surface area contributed by atoms with Crippen LogP contribution in [0.5, 0.6) is 0 Å². The molecular weight excluding hydrogens is 390 g/mol. The first-order valence-electron chi connectivity index (χ1n) is 8.37. The summed E-state index contributed by atoms with van der Waals surface area (Å²) in [5, 5.41) is 7.18. The Morgan fingerprint density at radius 3 is 2.14 bits per heavy atom. The Labute approximate surface area is 154 Å². The van der Waals surface area contributed by atoms with Crippen LogP contribution in [0, 0.1) is 6.92 Å². The van der Waals surface area contributed by atoms with Gasteiger partial charge in [-0.2, -0.15) is 30.9 Å². The van der Waals surface area contributed by atoms with E-state index in [1.165, 1.54) is 4.52 Å². The maximum Gasteiger partial charge on any atom is 0.417 e. The number of hydrogen-bond acceptors (Lipinski definition) is 5. The third-order valence-electron chi connectivity index (χ3n) is 4.51. The summed E-state index contributed by atoms with van der Waals surface area (Å²) in [6.07, 6.45) is -10.4. The number of benzene rings is 1. The fourth-order valence-electron chi connectivity index (χ4n) is 3.28. The summed E-state index contributed by atoms with van der Waals surface area (Å²) in [5.41, 5.74) is -3.72. The van der Waals surface area contributed by atoms with Gasteiger partial charge in [-0.25, -0.2) is 9.97 Å². The van der Waals surface area contributed by atoms with E-state index in [0.717, 1.165) is 0 Å². The van der Waals surface area contributed by atoms with Crippen molar-refractivity contribution < 1.29 is 26.3 Å². The number of aromatic nitrogens is 4.